The van der Waals surface area contributed by atoms with E-state index in [1.807, 2.05) is 19.9 Å². The molecule has 0 aliphatic heterocycles. The molecule has 0 bridgehead atoms. The van der Waals surface area contributed by atoms with Crippen LogP contribution in [0.5, 0.6) is 5.88 Å². The van der Waals surface area contributed by atoms with Crippen molar-refractivity contribution in [2.45, 2.75) is 39.2 Å². The molecular weight excluding hydrogens is 240 g/mol. The van der Waals surface area contributed by atoms with Crippen LogP contribution in [0.25, 0.3) is 0 Å². The number of nitrogens with two attached hydrogens (primary N) is 1. The molecule has 1 aliphatic rings. The zero-order chi connectivity index (χ0) is 13.7. The van der Waals surface area contributed by atoms with Crippen molar-refractivity contribution < 1.29 is 4.74 Å². The first-order valence-electron chi connectivity index (χ1n) is 7.11. The maximum absolute atomic E-state index is 5.80. The smallest absolute Gasteiger partial charge is 0.218 e. The van der Waals surface area contributed by atoms with Crippen LogP contribution in [0.2, 0.25) is 0 Å². The molecule has 1 aliphatic carbocycles. The SMILES string of the molecule is CC(C)Oc1cc(NCC2CCCC2CN)ncn1. The summed E-state index contributed by atoms with van der Waals surface area (Å²) in [6, 6.07) is 1.85. The minimum atomic E-state index is 0.124. The van der Waals surface area contributed by atoms with E-state index in [2.05, 4.69) is 15.3 Å². The Balaban J connectivity index is 1.88. The van der Waals surface area contributed by atoms with Crippen LogP contribution in [-0.2, 0) is 0 Å². The van der Waals surface area contributed by atoms with E-state index in [1.54, 1.807) is 0 Å². The standard InChI is InChI=1S/C14H24N4O/c1-10(2)19-14-6-13(17-9-18-14)16-8-12-5-3-4-11(12)7-15/h6,9-12H,3-5,7-8,15H2,1-2H3,(H,16,17,18). The van der Waals surface area contributed by atoms with Gasteiger partial charge < -0.3 is 15.8 Å². The Morgan fingerprint density at radius 2 is 2.16 bits per heavy atom. The second-order valence-electron chi connectivity index (χ2n) is 5.48. The van der Waals surface area contributed by atoms with Crippen LogP contribution in [0.1, 0.15) is 33.1 Å². The van der Waals surface area contributed by atoms with E-state index in [1.165, 1.54) is 25.6 Å². The van der Waals surface area contributed by atoms with Gasteiger partial charge in [0.05, 0.1) is 6.10 Å². The van der Waals surface area contributed by atoms with Crippen molar-refractivity contribution in [3.05, 3.63) is 12.4 Å². The van der Waals surface area contributed by atoms with Gasteiger partial charge in [0, 0.05) is 12.6 Å². The Morgan fingerprint density at radius 1 is 1.37 bits per heavy atom. The molecule has 2 rings (SSSR count). The Bertz CT molecular complexity index is 397. The summed E-state index contributed by atoms with van der Waals surface area (Å²) in [5, 5.41) is 3.38. The van der Waals surface area contributed by atoms with Crippen LogP contribution in [0.15, 0.2) is 12.4 Å². The maximum Gasteiger partial charge on any atom is 0.218 e. The van der Waals surface area contributed by atoms with Gasteiger partial charge in [-0.1, -0.05) is 6.42 Å². The molecule has 0 radical (unpaired) electrons. The third-order valence-electron chi connectivity index (χ3n) is 3.66. The van der Waals surface area contributed by atoms with E-state index in [9.17, 15) is 0 Å². The zero-order valence-electron chi connectivity index (χ0n) is 11.8. The van der Waals surface area contributed by atoms with Gasteiger partial charge in [0.2, 0.25) is 5.88 Å². The van der Waals surface area contributed by atoms with Crippen molar-refractivity contribution >= 4 is 5.82 Å². The Morgan fingerprint density at radius 3 is 2.89 bits per heavy atom. The molecule has 0 saturated heterocycles. The van der Waals surface area contributed by atoms with Gasteiger partial charge in [0.1, 0.15) is 12.1 Å². The first kappa shape index (κ1) is 14.1. The molecule has 2 atom stereocenters. The lowest BCUT2D eigenvalue weighted by atomic mass is 9.96. The van der Waals surface area contributed by atoms with Crippen molar-refractivity contribution in [2.24, 2.45) is 17.6 Å². The van der Waals surface area contributed by atoms with Crippen LogP contribution >= 0.6 is 0 Å². The minimum Gasteiger partial charge on any atom is -0.475 e. The summed E-state index contributed by atoms with van der Waals surface area (Å²) in [6.45, 7) is 5.69. The molecule has 1 saturated carbocycles. The van der Waals surface area contributed by atoms with Gasteiger partial charge in [0.25, 0.3) is 0 Å². The van der Waals surface area contributed by atoms with Crippen LogP contribution in [0, 0.1) is 11.8 Å². The van der Waals surface area contributed by atoms with E-state index >= 15 is 0 Å². The van der Waals surface area contributed by atoms with E-state index < -0.39 is 0 Å². The summed E-state index contributed by atoms with van der Waals surface area (Å²) in [5.41, 5.74) is 5.80. The first-order chi connectivity index (χ1) is 9.19. The normalized spacial score (nSPS) is 22.7. The summed E-state index contributed by atoms with van der Waals surface area (Å²) in [4.78, 5) is 8.32. The molecule has 5 heteroatoms. The Labute approximate surface area is 115 Å². The molecule has 19 heavy (non-hydrogen) atoms. The topological polar surface area (TPSA) is 73.1 Å². The third-order valence-corrected chi connectivity index (χ3v) is 3.66. The Kier molecular flexibility index (Phi) is 4.96. The molecular formula is C14H24N4O. The summed E-state index contributed by atoms with van der Waals surface area (Å²) in [7, 11) is 0. The number of nitrogens with zero attached hydrogens (tertiary/aromatic N) is 2. The average Bonchev–Trinajstić information content (AvgIpc) is 2.83. The second kappa shape index (κ2) is 6.70. The number of nitrogens with one attached hydrogen (secondary N) is 1. The number of ether oxygens (including phenoxy) is 1. The lowest BCUT2D eigenvalue weighted by molar-refractivity contribution is 0.232. The van der Waals surface area contributed by atoms with Crippen LogP contribution in [0.4, 0.5) is 5.82 Å². The highest BCUT2D eigenvalue weighted by molar-refractivity contribution is 5.37. The summed E-state index contributed by atoms with van der Waals surface area (Å²) >= 11 is 0. The van der Waals surface area contributed by atoms with E-state index in [4.69, 9.17) is 10.5 Å². The van der Waals surface area contributed by atoms with Gasteiger partial charge in [0.15, 0.2) is 0 Å². The molecule has 2 unspecified atom stereocenters. The molecule has 3 N–H and O–H groups in total. The molecule has 1 aromatic rings. The second-order valence-corrected chi connectivity index (χ2v) is 5.48. The number of anilines is 1. The van der Waals surface area contributed by atoms with Crippen molar-refractivity contribution in [3.8, 4) is 5.88 Å². The highest BCUT2D eigenvalue weighted by atomic mass is 16.5. The molecule has 0 spiro atoms. The Hall–Kier alpha value is -1.36. The molecule has 1 heterocycles. The molecule has 106 valence electrons. The maximum atomic E-state index is 5.80. The van der Waals surface area contributed by atoms with E-state index in [0.717, 1.165) is 18.9 Å². The van der Waals surface area contributed by atoms with Crippen molar-refractivity contribution in [1.82, 2.24) is 9.97 Å². The van der Waals surface area contributed by atoms with E-state index in [0.29, 0.717) is 17.7 Å². The summed E-state index contributed by atoms with van der Waals surface area (Å²) < 4.78 is 5.56. The fourth-order valence-electron chi connectivity index (χ4n) is 2.67. The predicted octanol–water partition coefficient (Wildman–Crippen LogP) is 2.05. The highest BCUT2D eigenvalue weighted by Crippen LogP contribution is 2.30. The number of hydrogen-bond donors (Lipinski definition) is 2. The molecule has 0 amide bonds. The lowest BCUT2D eigenvalue weighted by Crippen LogP contribution is -2.24. The predicted molar refractivity (Wildman–Crippen MR) is 76.2 cm³/mol. The third kappa shape index (κ3) is 4.06. The van der Waals surface area contributed by atoms with Gasteiger partial charge in [-0.3, -0.25) is 0 Å². The van der Waals surface area contributed by atoms with Crippen LogP contribution < -0.4 is 15.8 Å². The van der Waals surface area contributed by atoms with Gasteiger partial charge in [-0.05, 0) is 45.1 Å². The van der Waals surface area contributed by atoms with Crippen LogP contribution in [-0.4, -0.2) is 29.2 Å². The fourth-order valence-corrected chi connectivity index (χ4v) is 2.67. The van der Waals surface area contributed by atoms with Crippen molar-refractivity contribution in [2.75, 3.05) is 18.4 Å². The summed E-state index contributed by atoms with van der Waals surface area (Å²) in [6.07, 6.45) is 5.47. The average molecular weight is 264 g/mol. The number of aromatic nitrogens is 2. The number of rotatable bonds is 6. The quantitative estimate of drug-likeness (QED) is 0.822. The molecule has 0 aromatic carbocycles. The van der Waals surface area contributed by atoms with E-state index in [-0.39, 0.29) is 6.10 Å². The van der Waals surface area contributed by atoms with Crippen molar-refractivity contribution in [3.63, 3.8) is 0 Å². The highest BCUT2D eigenvalue weighted by Gasteiger charge is 2.25. The summed E-state index contributed by atoms with van der Waals surface area (Å²) in [5.74, 6) is 2.76. The molecule has 1 aromatic heterocycles. The van der Waals surface area contributed by atoms with Gasteiger partial charge >= 0.3 is 0 Å². The monoisotopic (exact) mass is 264 g/mol. The fraction of sp³-hybridized carbons (Fsp3) is 0.714. The van der Waals surface area contributed by atoms with Crippen molar-refractivity contribution in [1.29, 1.82) is 0 Å². The van der Waals surface area contributed by atoms with Gasteiger partial charge in [-0.15, -0.1) is 0 Å². The molecule has 1 fully saturated rings. The van der Waals surface area contributed by atoms with Crippen LogP contribution in [0.3, 0.4) is 0 Å². The van der Waals surface area contributed by atoms with Gasteiger partial charge in [-0.2, -0.15) is 0 Å². The van der Waals surface area contributed by atoms with Gasteiger partial charge in [-0.25, -0.2) is 9.97 Å². The minimum absolute atomic E-state index is 0.124. The zero-order valence-corrected chi connectivity index (χ0v) is 11.8. The molecule has 5 nitrogen and oxygen atoms in total. The lowest BCUT2D eigenvalue weighted by Gasteiger charge is -2.18. The number of hydrogen-bond acceptors (Lipinski definition) is 5. The first-order valence-corrected chi connectivity index (χ1v) is 7.11. The largest absolute Gasteiger partial charge is 0.475 e.